The van der Waals surface area contributed by atoms with Gasteiger partial charge >= 0.3 is 0 Å². The number of halogens is 1. The summed E-state index contributed by atoms with van der Waals surface area (Å²) in [5.41, 5.74) is 0. The van der Waals surface area contributed by atoms with Crippen molar-refractivity contribution in [3.63, 3.8) is 0 Å². The molecule has 100 valence electrons. The van der Waals surface area contributed by atoms with Gasteiger partial charge < -0.3 is 10.4 Å². The summed E-state index contributed by atoms with van der Waals surface area (Å²) in [7, 11) is -3.57. The summed E-state index contributed by atoms with van der Waals surface area (Å²) >= 11 is 3.26. The van der Waals surface area contributed by atoms with E-state index in [2.05, 4.69) is 21.2 Å². The molecule has 1 fully saturated rings. The molecule has 1 saturated heterocycles. The molecule has 0 saturated carbocycles. The Labute approximate surface area is 115 Å². The number of aliphatic hydroxyl groups excluding tert-OH is 1. The zero-order chi connectivity index (χ0) is 13.2. The molecule has 0 radical (unpaired) electrons. The Morgan fingerprint density at radius 2 is 2.17 bits per heavy atom. The summed E-state index contributed by atoms with van der Waals surface area (Å²) in [6, 6.07) is 6.31. The molecule has 2 N–H and O–H groups in total. The topological polar surface area (TPSA) is 69.6 Å². The van der Waals surface area contributed by atoms with Crippen LogP contribution in [0.2, 0.25) is 0 Å². The van der Waals surface area contributed by atoms with E-state index in [4.69, 9.17) is 0 Å². The van der Waals surface area contributed by atoms with Crippen LogP contribution in [0.4, 0.5) is 0 Å². The van der Waals surface area contributed by atoms with Gasteiger partial charge in [-0.15, -0.1) is 0 Å². The summed E-state index contributed by atoms with van der Waals surface area (Å²) in [6.07, 6.45) is 0. The smallest absolute Gasteiger partial charge is 0.244 e. The molecule has 18 heavy (non-hydrogen) atoms. The molecule has 1 aromatic rings. The molecule has 1 unspecified atom stereocenters. The first-order chi connectivity index (χ1) is 8.57. The Morgan fingerprint density at radius 3 is 2.83 bits per heavy atom. The molecule has 5 nitrogen and oxygen atoms in total. The second-order valence-electron chi connectivity index (χ2n) is 4.09. The summed E-state index contributed by atoms with van der Waals surface area (Å²) in [5.74, 6) is 0. The largest absolute Gasteiger partial charge is 0.395 e. The minimum atomic E-state index is -3.57. The molecule has 1 atom stereocenters. The van der Waals surface area contributed by atoms with Crippen molar-refractivity contribution in [1.82, 2.24) is 9.62 Å². The molecular weight excluding hydrogens is 320 g/mol. The minimum absolute atomic E-state index is 0.184. The molecule has 0 aromatic heterocycles. The van der Waals surface area contributed by atoms with Gasteiger partial charge in [0.05, 0.1) is 17.5 Å². The quantitative estimate of drug-likeness (QED) is 0.839. The molecule has 1 aromatic carbocycles. The maximum Gasteiger partial charge on any atom is 0.244 e. The number of nitrogens with zero attached hydrogens (tertiary/aromatic N) is 1. The first kappa shape index (κ1) is 14.0. The van der Waals surface area contributed by atoms with Crippen LogP contribution < -0.4 is 5.32 Å². The highest BCUT2D eigenvalue weighted by atomic mass is 79.9. The van der Waals surface area contributed by atoms with Gasteiger partial charge in [0.15, 0.2) is 0 Å². The maximum atomic E-state index is 12.5. The van der Waals surface area contributed by atoms with E-state index < -0.39 is 16.1 Å². The molecule has 1 heterocycles. The second-order valence-corrected chi connectivity index (χ2v) is 6.80. The van der Waals surface area contributed by atoms with Gasteiger partial charge in [0.1, 0.15) is 0 Å². The Balaban J connectivity index is 2.39. The van der Waals surface area contributed by atoms with Gasteiger partial charge in [-0.05, 0) is 28.1 Å². The lowest BCUT2D eigenvalue weighted by molar-refractivity contribution is 0.165. The number of nitrogens with one attached hydrogen (secondary N) is 1. The lowest BCUT2D eigenvalue weighted by Gasteiger charge is -2.34. The van der Waals surface area contributed by atoms with Gasteiger partial charge in [0.25, 0.3) is 0 Å². The van der Waals surface area contributed by atoms with Crippen LogP contribution in [0.15, 0.2) is 33.6 Å². The van der Waals surface area contributed by atoms with Crippen molar-refractivity contribution in [2.75, 3.05) is 26.2 Å². The Kier molecular flexibility index (Phi) is 4.39. The molecule has 2 rings (SSSR count). The van der Waals surface area contributed by atoms with E-state index >= 15 is 0 Å². The van der Waals surface area contributed by atoms with Crippen LogP contribution in [0.25, 0.3) is 0 Å². The highest BCUT2D eigenvalue weighted by molar-refractivity contribution is 9.10. The number of piperazine rings is 1. The van der Waals surface area contributed by atoms with Crippen LogP contribution >= 0.6 is 15.9 Å². The number of sulfonamides is 1. The minimum Gasteiger partial charge on any atom is -0.395 e. The molecule has 7 heteroatoms. The molecule has 1 aliphatic heterocycles. The van der Waals surface area contributed by atoms with E-state index in [0.29, 0.717) is 24.1 Å². The summed E-state index contributed by atoms with van der Waals surface area (Å²) in [4.78, 5) is 0.241. The Bertz CT molecular complexity index is 521. The van der Waals surface area contributed by atoms with E-state index in [0.717, 1.165) is 0 Å². The predicted molar refractivity (Wildman–Crippen MR) is 71.8 cm³/mol. The van der Waals surface area contributed by atoms with E-state index in [9.17, 15) is 13.5 Å². The van der Waals surface area contributed by atoms with Crippen LogP contribution in [-0.2, 0) is 10.0 Å². The van der Waals surface area contributed by atoms with Gasteiger partial charge in [-0.2, -0.15) is 4.31 Å². The Morgan fingerprint density at radius 1 is 1.44 bits per heavy atom. The summed E-state index contributed by atoms with van der Waals surface area (Å²) in [5, 5.41) is 12.4. The van der Waals surface area contributed by atoms with Crippen LogP contribution in [0, 0.1) is 0 Å². The van der Waals surface area contributed by atoms with Gasteiger partial charge in [0.2, 0.25) is 10.0 Å². The second kappa shape index (κ2) is 5.66. The monoisotopic (exact) mass is 334 g/mol. The van der Waals surface area contributed by atoms with Crippen LogP contribution in [-0.4, -0.2) is 50.1 Å². The van der Waals surface area contributed by atoms with Crippen molar-refractivity contribution in [2.45, 2.75) is 10.9 Å². The molecular formula is C11H15BrN2O3S. The van der Waals surface area contributed by atoms with E-state index in [-0.39, 0.29) is 11.5 Å². The number of hydrogen-bond acceptors (Lipinski definition) is 4. The zero-order valence-electron chi connectivity index (χ0n) is 9.71. The average Bonchev–Trinajstić information content (AvgIpc) is 2.39. The third kappa shape index (κ3) is 2.60. The predicted octanol–water partition coefficient (Wildman–Crippen LogP) is 0.404. The lowest BCUT2D eigenvalue weighted by Crippen LogP contribution is -2.55. The van der Waals surface area contributed by atoms with Crippen molar-refractivity contribution < 1.29 is 13.5 Å². The number of rotatable bonds is 3. The first-order valence-electron chi connectivity index (χ1n) is 5.65. The normalized spacial score (nSPS) is 22.0. The molecule has 0 spiro atoms. The fraction of sp³-hybridized carbons (Fsp3) is 0.455. The van der Waals surface area contributed by atoms with Gasteiger partial charge in [-0.1, -0.05) is 12.1 Å². The van der Waals surface area contributed by atoms with Gasteiger partial charge in [-0.3, -0.25) is 0 Å². The lowest BCUT2D eigenvalue weighted by atomic mass is 10.2. The number of benzene rings is 1. The number of aliphatic hydroxyl groups is 1. The highest BCUT2D eigenvalue weighted by Crippen LogP contribution is 2.26. The van der Waals surface area contributed by atoms with Gasteiger partial charge in [0, 0.05) is 24.1 Å². The zero-order valence-corrected chi connectivity index (χ0v) is 12.1. The molecule has 1 aliphatic rings. The van der Waals surface area contributed by atoms with Crippen molar-refractivity contribution in [3.05, 3.63) is 28.7 Å². The van der Waals surface area contributed by atoms with Crippen molar-refractivity contribution >= 4 is 26.0 Å². The van der Waals surface area contributed by atoms with E-state index in [1.54, 1.807) is 24.3 Å². The van der Waals surface area contributed by atoms with Crippen LogP contribution in [0.5, 0.6) is 0 Å². The summed E-state index contributed by atoms with van der Waals surface area (Å²) in [6.45, 7) is 1.26. The molecule has 0 bridgehead atoms. The van der Waals surface area contributed by atoms with E-state index in [1.165, 1.54) is 4.31 Å². The highest BCUT2D eigenvalue weighted by Gasteiger charge is 2.33. The average molecular weight is 335 g/mol. The fourth-order valence-electron chi connectivity index (χ4n) is 1.99. The van der Waals surface area contributed by atoms with Gasteiger partial charge in [-0.25, -0.2) is 8.42 Å². The van der Waals surface area contributed by atoms with E-state index in [1.807, 2.05) is 0 Å². The fourth-order valence-corrected chi connectivity index (χ4v) is 4.58. The van der Waals surface area contributed by atoms with Crippen molar-refractivity contribution in [2.24, 2.45) is 0 Å². The van der Waals surface area contributed by atoms with Crippen molar-refractivity contribution in [3.8, 4) is 0 Å². The van der Waals surface area contributed by atoms with Crippen molar-refractivity contribution in [1.29, 1.82) is 0 Å². The van der Waals surface area contributed by atoms with Crippen LogP contribution in [0.1, 0.15) is 0 Å². The Hall–Kier alpha value is -0.470. The van der Waals surface area contributed by atoms with Crippen LogP contribution in [0.3, 0.4) is 0 Å². The first-order valence-corrected chi connectivity index (χ1v) is 7.88. The maximum absolute atomic E-state index is 12.5. The third-order valence-electron chi connectivity index (χ3n) is 2.93. The standard InChI is InChI=1S/C11H15BrN2O3S/c12-10-3-1-2-4-11(10)18(16,17)14-6-5-13-7-9(14)8-15/h1-4,9,13,15H,5-8H2. The summed E-state index contributed by atoms with van der Waals surface area (Å²) < 4.78 is 27.0. The molecule has 0 amide bonds. The molecule has 0 aliphatic carbocycles. The third-order valence-corrected chi connectivity index (χ3v) is 5.89. The number of hydrogen-bond donors (Lipinski definition) is 2. The SMILES string of the molecule is O=S(=O)(c1ccccc1Br)N1CCNCC1CO.